The summed E-state index contributed by atoms with van der Waals surface area (Å²) < 4.78 is 19.3. The topological polar surface area (TPSA) is 27.7 Å². The summed E-state index contributed by atoms with van der Waals surface area (Å²) in [5, 5.41) is 0. The van der Waals surface area contributed by atoms with Gasteiger partial charge in [-0.15, -0.1) is 0 Å². The molecule has 0 heterocycles. The van der Waals surface area contributed by atoms with Crippen molar-refractivity contribution in [3.05, 3.63) is 222 Å². The molecule has 0 N–H and O–H groups in total. The Bertz CT molecular complexity index is 2490. The van der Waals surface area contributed by atoms with Gasteiger partial charge in [0.15, 0.2) is 0 Å². The second kappa shape index (κ2) is 18.9. The molecule has 3 heteroatoms. The van der Waals surface area contributed by atoms with Gasteiger partial charge in [-0.1, -0.05) is 153 Å². The standard InChI is InChI=1S/C55H48O3/c1-2-41-25-32-50(33-26-41)58-53-24-13-12-23-52(53)55-51(44-27-34-47(35-28-44)56-40-39-43-17-8-4-9-18-43)38-31-45(20-14-19-42-15-6-3-7-16-42)54(55)46-29-36-49(37-30-46)57-48-21-10-5-11-22-48/h3-13,15-18,21-38H,2,14,19-20,39-40H2,1H3. The van der Waals surface area contributed by atoms with Crippen molar-refractivity contribution in [3.63, 3.8) is 0 Å². The van der Waals surface area contributed by atoms with E-state index in [-0.39, 0.29) is 0 Å². The van der Waals surface area contributed by atoms with Crippen molar-refractivity contribution in [1.82, 2.24) is 0 Å². The predicted octanol–water partition coefficient (Wildman–Crippen LogP) is 14.6. The van der Waals surface area contributed by atoms with E-state index in [0.29, 0.717) is 6.61 Å². The Morgan fingerprint density at radius 1 is 0.362 bits per heavy atom. The Morgan fingerprint density at radius 2 is 0.914 bits per heavy atom. The highest BCUT2D eigenvalue weighted by Gasteiger charge is 2.22. The van der Waals surface area contributed by atoms with Crippen molar-refractivity contribution in [2.24, 2.45) is 0 Å². The molecule has 58 heavy (non-hydrogen) atoms. The van der Waals surface area contributed by atoms with Crippen molar-refractivity contribution in [3.8, 4) is 62.1 Å². The number of rotatable bonds is 16. The lowest BCUT2D eigenvalue weighted by atomic mass is 9.83. The van der Waals surface area contributed by atoms with Crippen LogP contribution in [0.25, 0.3) is 33.4 Å². The molecule has 0 saturated carbocycles. The lowest BCUT2D eigenvalue weighted by Gasteiger charge is -2.22. The average molecular weight is 757 g/mol. The molecule has 0 radical (unpaired) electrons. The summed E-state index contributed by atoms with van der Waals surface area (Å²) in [5.74, 6) is 4.07. The fourth-order valence-corrected chi connectivity index (χ4v) is 7.49. The molecule has 0 aliphatic carbocycles. The predicted molar refractivity (Wildman–Crippen MR) is 239 cm³/mol. The summed E-state index contributed by atoms with van der Waals surface area (Å²) in [6.45, 7) is 2.79. The van der Waals surface area contributed by atoms with Crippen LogP contribution in [0.2, 0.25) is 0 Å². The first kappa shape index (κ1) is 38.1. The highest BCUT2D eigenvalue weighted by Crippen LogP contribution is 2.47. The SMILES string of the molecule is CCc1ccc(Oc2ccccc2-c2c(-c3ccc(OCCc4ccccc4)cc3)ccc(CCCc3ccccc3)c2-c2ccc(Oc3ccccc3)cc2)cc1. The van der Waals surface area contributed by atoms with Gasteiger partial charge in [-0.3, -0.25) is 0 Å². The molecule has 0 aliphatic heterocycles. The Hall–Kier alpha value is -6.84. The van der Waals surface area contributed by atoms with Crippen LogP contribution in [0.3, 0.4) is 0 Å². The highest BCUT2D eigenvalue weighted by molar-refractivity contribution is 5.98. The monoisotopic (exact) mass is 756 g/mol. The summed E-state index contributed by atoms with van der Waals surface area (Å²) in [6.07, 6.45) is 4.76. The van der Waals surface area contributed by atoms with E-state index in [1.807, 2.05) is 36.4 Å². The maximum Gasteiger partial charge on any atom is 0.135 e. The number of ether oxygens (including phenoxy) is 3. The zero-order valence-corrected chi connectivity index (χ0v) is 33.0. The maximum atomic E-state index is 6.77. The van der Waals surface area contributed by atoms with E-state index < -0.39 is 0 Å². The molecular weight excluding hydrogens is 709 g/mol. The van der Waals surface area contributed by atoms with Gasteiger partial charge >= 0.3 is 0 Å². The third-order valence-corrected chi connectivity index (χ3v) is 10.6. The molecule has 0 aromatic heterocycles. The van der Waals surface area contributed by atoms with Gasteiger partial charge in [-0.2, -0.15) is 0 Å². The Labute approximate surface area is 343 Å². The highest BCUT2D eigenvalue weighted by atomic mass is 16.5. The molecule has 3 nitrogen and oxygen atoms in total. The van der Waals surface area contributed by atoms with E-state index in [4.69, 9.17) is 14.2 Å². The zero-order valence-electron chi connectivity index (χ0n) is 33.0. The molecule has 0 aliphatic rings. The second-order valence-corrected chi connectivity index (χ2v) is 14.5. The summed E-state index contributed by atoms with van der Waals surface area (Å²) >= 11 is 0. The smallest absolute Gasteiger partial charge is 0.135 e. The fraction of sp³-hybridized carbons (Fsp3) is 0.127. The summed E-state index contributed by atoms with van der Waals surface area (Å²) in [7, 11) is 0. The molecule has 8 rings (SSSR count). The van der Waals surface area contributed by atoms with Crippen molar-refractivity contribution in [1.29, 1.82) is 0 Å². The molecule has 0 amide bonds. The molecule has 0 unspecified atom stereocenters. The molecule has 8 aromatic rings. The number of aryl methyl sites for hydroxylation is 3. The van der Waals surface area contributed by atoms with Crippen LogP contribution in [0.1, 0.15) is 35.6 Å². The minimum Gasteiger partial charge on any atom is -0.493 e. The van der Waals surface area contributed by atoms with Crippen molar-refractivity contribution in [2.75, 3.05) is 6.61 Å². The summed E-state index contributed by atoms with van der Waals surface area (Å²) in [6, 6.07) is 69.7. The minimum absolute atomic E-state index is 0.615. The molecule has 0 spiro atoms. The Morgan fingerprint density at radius 3 is 1.60 bits per heavy atom. The molecule has 0 atom stereocenters. The molecular formula is C55H48O3. The van der Waals surface area contributed by atoms with E-state index in [9.17, 15) is 0 Å². The van der Waals surface area contributed by atoms with E-state index >= 15 is 0 Å². The third kappa shape index (κ3) is 9.57. The number of hydrogen-bond acceptors (Lipinski definition) is 3. The van der Waals surface area contributed by atoms with Crippen LogP contribution in [0.4, 0.5) is 0 Å². The summed E-state index contributed by atoms with van der Waals surface area (Å²) in [5.41, 5.74) is 11.9. The Kier molecular flexibility index (Phi) is 12.4. The average Bonchev–Trinajstić information content (AvgIpc) is 3.28. The summed E-state index contributed by atoms with van der Waals surface area (Å²) in [4.78, 5) is 0. The van der Waals surface area contributed by atoms with Crippen LogP contribution < -0.4 is 14.2 Å². The molecule has 0 fully saturated rings. The first-order chi connectivity index (χ1) is 28.7. The van der Waals surface area contributed by atoms with Gasteiger partial charge in [0, 0.05) is 17.5 Å². The first-order valence-electron chi connectivity index (χ1n) is 20.4. The Balaban J connectivity index is 1.22. The van der Waals surface area contributed by atoms with E-state index in [2.05, 4.69) is 171 Å². The van der Waals surface area contributed by atoms with Crippen molar-refractivity contribution >= 4 is 0 Å². The molecule has 286 valence electrons. The zero-order chi connectivity index (χ0) is 39.4. The van der Waals surface area contributed by atoms with E-state index in [1.54, 1.807) is 0 Å². The van der Waals surface area contributed by atoms with Gasteiger partial charge in [0.2, 0.25) is 0 Å². The number of para-hydroxylation sites is 2. The van der Waals surface area contributed by atoms with Crippen LogP contribution in [-0.2, 0) is 25.7 Å². The van der Waals surface area contributed by atoms with Crippen LogP contribution in [0, 0.1) is 0 Å². The normalized spacial score (nSPS) is 10.9. The fourth-order valence-electron chi connectivity index (χ4n) is 7.49. The second-order valence-electron chi connectivity index (χ2n) is 14.5. The van der Waals surface area contributed by atoms with Crippen molar-refractivity contribution < 1.29 is 14.2 Å². The largest absolute Gasteiger partial charge is 0.493 e. The number of hydrogen-bond donors (Lipinski definition) is 0. The van der Waals surface area contributed by atoms with Gasteiger partial charge < -0.3 is 14.2 Å². The van der Waals surface area contributed by atoms with Crippen LogP contribution in [-0.4, -0.2) is 6.61 Å². The molecule has 8 aromatic carbocycles. The third-order valence-electron chi connectivity index (χ3n) is 10.6. The number of benzene rings is 8. The molecule has 0 saturated heterocycles. The van der Waals surface area contributed by atoms with Crippen LogP contribution >= 0.6 is 0 Å². The molecule has 0 bridgehead atoms. The van der Waals surface area contributed by atoms with E-state index in [1.165, 1.54) is 27.8 Å². The van der Waals surface area contributed by atoms with Crippen LogP contribution in [0.15, 0.2) is 200 Å². The van der Waals surface area contributed by atoms with Gasteiger partial charge in [0.1, 0.15) is 28.7 Å². The van der Waals surface area contributed by atoms with Crippen molar-refractivity contribution in [2.45, 2.75) is 39.0 Å². The maximum absolute atomic E-state index is 6.77. The van der Waals surface area contributed by atoms with Gasteiger partial charge in [0.25, 0.3) is 0 Å². The lowest BCUT2D eigenvalue weighted by molar-refractivity contribution is 0.322. The van der Waals surface area contributed by atoms with Gasteiger partial charge in [0.05, 0.1) is 6.61 Å². The van der Waals surface area contributed by atoms with Gasteiger partial charge in [-0.05, 0) is 125 Å². The van der Waals surface area contributed by atoms with Crippen LogP contribution in [0.5, 0.6) is 28.7 Å². The van der Waals surface area contributed by atoms with E-state index in [0.717, 1.165) is 88.7 Å². The first-order valence-corrected chi connectivity index (χ1v) is 20.4. The minimum atomic E-state index is 0.615. The van der Waals surface area contributed by atoms with Gasteiger partial charge in [-0.25, -0.2) is 0 Å². The quantitative estimate of drug-likeness (QED) is 0.0983. The lowest BCUT2D eigenvalue weighted by Crippen LogP contribution is -2.01.